The average molecular weight is 342 g/mol. The zero-order valence-electron chi connectivity index (χ0n) is 14.9. The van der Waals surface area contributed by atoms with E-state index in [1.165, 1.54) is 24.8 Å². The lowest BCUT2D eigenvalue weighted by Gasteiger charge is -2.29. The third kappa shape index (κ3) is 4.24. The fourth-order valence-corrected chi connectivity index (χ4v) is 4.33. The molecule has 2 atom stereocenters. The molecule has 0 aliphatic heterocycles. The van der Waals surface area contributed by atoms with Gasteiger partial charge in [-0.15, -0.1) is 0 Å². The van der Waals surface area contributed by atoms with Gasteiger partial charge in [0.05, 0.1) is 5.92 Å². The maximum absolute atomic E-state index is 11.0. The van der Waals surface area contributed by atoms with E-state index in [2.05, 4.69) is 41.0 Å². The number of carboxylic acids is 1. The molecule has 0 radical (unpaired) electrons. The van der Waals surface area contributed by atoms with Crippen LogP contribution in [0.15, 0.2) is 30.3 Å². The molecular weight excluding hydrogens is 312 g/mol. The van der Waals surface area contributed by atoms with Crippen LogP contribution in [0.2, 0.25) is 0 Å². The Kier molecular flexibility index (Phi) is 4.83. The first kappa shape index (κ1) is 17.0. The smallest absolute Gasteiger partial charge is 0.306 e. The van der Waals surface area contributed by atoms with E-state index in [4.69, 9.17) is 5.11 Å². The summed E-state index contributed by atoms with van der Waals surface area (Å²) < 4.78 is 0. The summed E-state index contributed by atoms with van der Waals surface area (Å²) in [5.41, 5.74) is 1.92. The summed E-state index contributed by atoms with van der Waals surface area (Å²) in [6.07, 6.45) is 7.60. The molecule has 3 aliphatic carbocycles. The van der Waals surface area contributed by atoms with Crippen molar-refractivity contribution in [2.24, 2.45) is 11.3 Å². The van der Waals surface area contributed by atoms with Gasteiger partial charge in [0, 0.05) is 31.1 Å². The SMILES string of the molecule is O=C(O)C1CCC(NCC2(CN[C@H]3CC3c3ccccc3)CC2)CC1. The quantitative estimate of drug-likeness (QED) is 0.679. The predicted molar refractivity (Wildman–Crippen MR) is 98.6 cm³/mol. The molecular formula is C21H30N2O2. The van der Waals surface area contributed by atoms with E-state index in [-0.39, 0.29) is 5.92 Å². The van der Waals surface area contributed by atoms with Crippen molar-refractivity contribution in [2.45, 2.75) is 62.9 Å². The molecule has 0 bridgehead atoms. The molecule has 0 amide bonds. The Morgan fingerprint density at radius 2 is 1.72 bits per heavy atom. The van der Waals surface area contributed by atoms with Gasteiger partial charge in [0.1, 0.15) is 0 Å². The molecule has 1 unspecified atom stereocenters. The largest absolute Gasteiger partial charge is 0.481 e. The normalized spacial score (nSPS) is 33.0. The molecule has 0 saturated heterocycles. The van der Waals surface area contributed by atoms with Crippen LogP contribution in [0, 0.1) is 11.3 Å². The van der Waals surface area contributed by atoms with E-state index < -0.39 is 5.97 Å². The van der Waals surface area contributed by atoms with Crippen LogP contribution in [-0.4, -0.2) is 36.2 Å². The first-order valence-electron chi connectivity index (χ1n) is 9.90. The van der Waals surface area contributed by atoms with Gasteiger partial charge in [0.15, 0.2) is 0 Å². The molecule has 1 aromatic carbocycles. The van der Waals surface area contributed by atoms with Crippen molar-refractivity contribution in [2.75, 3.05) is 13.1 Å². The van der Waals surface area contributed by atoms with Gasteiger partial charge in [-0.05, 0) is 55.9 Å². The van der Waals surface area contributed by atoms with E-state index in [9.17, 15) is 4.79 Å². The van der Waals surface area contributed by atoms with Gasteiger partial charge in [0.2, 0.25) is 0 Å². The van der Waals surface area contributed by atoms with Crippen LogP contribution in [-0.2, 0) is 4.79 Å². The molecule has 4 rings (SSSR count). The number of hydrogen-bond acceptors (Lipinski definition) is 3. The van der Waals surface area contributed by atoms with Gasteiger partial charge >= 0.3 is 5.97 Å². The van der Waals surface area contributed by atoms with Crippen LogP contribution in [0.1, 0.15) is 56.4 Å². The monoisotopic (exact) mass is 342 g/mol. The van der Waals surface area contributed by atoms with Crippen molar-refractivity contribution in [3.8, 4) is 0 Å². The lowest BCUT2D eigenvalue weighted by atomic mass is 9.86. The number of carbonyl (C=O) groups is 1. The number of nitrogens with one attached hydrogen (secondary N) is 2. The van der Waals surface area contributed by atoms with E-state index in [1.807, 2.05) is 0 Å². The molecule has 25 heavy (non-hydrogen) atoms. The van der Waals surface area contributed by atoms with Crippen molar-refractivity contribution in [3.63, 3.8) is 0 Å². The first-order valence-corrected chi connectivity index (χ1v) is 9.90. The number of aliphatic carboxylic acids is 1. The van der Waals surface area contributed by atoms with E-state index >= 15 is 0 Å². The maximum atomic E-state index is 11.0. The summed E-state index contributed by atoms with van der Waals surface area (Å²) in [6, 6.07) is 12.0. The van der Waals surface area contributed by atoms with E-state index in [0.717, 1.165) is 38.8 Å². The molecule has 4 heteroatoms. The standard InChI is InChI=1S/C21H30N2O2/c24-20(25)16-6-8-17(9-7-16)22-13-21(10-11-21)14-23-19-12-18(19)15-4-2-1-3-5-15/h1-5,16-19,22-23H,6-14H2,(H,24,25)/t16?,17?,18?,19-/m0/s1. The molecule has 3 fully saturated rings. The fraction of sp³-hybridized carbons (Fsp3) is 0.667. The minimum atomic E-state index is -0.612. The second-order valence-corrected chi connectivity index (χ2v) is 8.51. The highest BCUT2D eigenvalue weighted by molar-refractivity contribution is 5.70. The second-order valence-electron chi connectivity index (χ2n) is 8.51. The van der Waals surface area contributed by atoms with Crippen LogP contribution in [0.4, 0.5) is 0 Å². The Bertz CT molecular complexity index is 591. The summed E-state index contributed by atoms with van der Waals surface area (Å²) in [7, 11) is 0. The second kappa shape index (κ2) is 7.08. The number of hydrogen-bond donors (Lipinski definition) is 3. The van der Waals surface area contributed by atoms with E-state index in [1.54, 1.807) is 0 Å². The van der Waals surface area contributed by atoms with Gasteiger partial charge in [-0.1, -0.05) is 30.3 Å². The summed E-state index contributed by atoms with van der Waals surface area (Å²) in [5.74, 6) is -0.0191. The van der Waals surface area contributed by atoms with Crippen LogP contribution in [0.3, 0.4) is 0 Å². The lowest BCUT2D eigenvalue weighted by molar-refractivity contribution is -0.142. The lowest BCUT2D eigenvalue weighted by Crippen LogP contribution is -2.41. The molecule has 0 heterocycles. The molecule has 1 aromatic rings. The molecule has 3 saturated carbocycles. The van der Waals surface area contributed by atoms with Gasteiger partial charge < -0.3 is 15.7 Å². The van der Waals surface area contributed by atoms with Gasteiger partial charge in [0.25, 0.3) is 0 Å². The Hall–Kier alpha value is -1.39. The fourth-order valence-electron chi connectivity index (χ4n) is 4.33. The Morgan fingerprint density at radius 3 is 2.36 bits per heavy atom. The Morgan fingerprint density at radius 1 is 1.04 bits per heavy atom. The van der Waals surface area contributed by atoms with E-state index in [0.29, 0.717) is 23.4 Å². The molecule has 3 N–H and O–H groups in total. The number of benzene rings is 1. The Balaban J connectivity index is 1.16. The van der Waals surface area contributed by atoms with Crippen molar-refractivity contribution < 1.29 is 9.90 Å². The molecule has 3 aliphatic rings. The average Bonchev–Trinajstić information content (AvgIpc) is 3.55. The highest BCUT2D eigenvalue weighted by Crippen LogP contribution is 2.47. The summed E-state index contributed by atoms with van der Waals surface area (Å²) in [4.78, 5) is 11.0. The third-order valence-electron chi connectivity index (χ3n) is 6.56. The highest BCUT2D eigenvalue weighted by atomic mass is 16.4. The zero-order valence-corrected chi connectivity index (χ0v) is 14.9. The first-order chi connectivity index (χ1) is 12.2. The number of carboxylic acid groups (broad SMARTS) is 1. The molecule has 0 spiro atoms. The van der Waals surface area contributed by atoms with Crippen molar-refractivity contribution in [3.05, 3.63) is 35.9 Å². The summed E-state index contributed by atoms with van der Waals surface area (Å²) >= 11 is 0. The minimum Gasteiger partial charge on any atom is -0.481 e. The zero-order chi connectivity index (χ0) is 17.3. The predicted octanol–water partition coefficient (Wildman–Crippen LogP) is 3.15. The molecule has 0 aromatic heterocycles. The maximum Gasteiger partial charge on any atom is 0.306 e. The van der Waals surface area contributed by atoms with Crippen molar-refractivity contribution in [1.29, 1.82) is 0 Å². The highest BCUT2D eigenvalue weighted by Gasteiger charge is 2.45. The van der Waals surface area contributed by atoms with Crippen LogP contribution in [0.25, 0.3) is 0 Å². The number of rotatable bonds is 8. The van der Waals surface area contributed by atoms with Gasteiger partial charge in [-0.3, -0.25) is 4.79 Å². The molecule has 4 nitrogen and oxygen atoms in total. The van der Waals surface area contributed by atoms with Gasteiger partial charge in [-0.2, -0.15) is 0 Å². The summed E-state index contributed by atoms with van der Waals surface area (Å²) in [6.45, 7) is 2.21. The molecule has 136 valence electrons. The van der Waals surface area contributed by atoms with Crippen LogP contribution < -0.4 is 10.6 Å². The topological polar surface area (TPSA) is 61.4 Å². The van der Waals surface area contributed by atoms with Crippen LogP contribution >= 0.6 is 0 Å². The third-order valence-corrected chi connectivity index (χ3v) is 6.56. The van der Waals surface area contributed by atoms with Crippen LogP contribution in [0.5, 0.6) is 0 Å². The summed E-state index contributed by atoms with van der Waals surface area (Å²) in [5, 5.41) is 16.6. The van der Waals surface area contributed by atoms with Crippen molar-refractivity contribution in [1.82, 2.24) is 10.6 Å². The Labute approximate surface area is 150 Å². The van der Waals surface area contributed by atoms with Crippen molar-refractivity contribution >= 4 is 5.97 Å². The minimum absolute atomic E-state index is 0.112. The van der Waals surface area contributed by atoms with Gasteiger partial charge in [-0.25, -0.2) is 0 Å².